The first-order valence-corrected chi connectivity index (χ1v) is 19.5. The van der Waals surface area contributed by atoms with Crippen LogP contribution in [0.2, 0.25) is 0 Å². The molecule has 0 radical (unpaired) electrons. The first-order chi connectivity index (χ1) is 21.1. The highest BCUT2D eigenvalue weighted by molar-refractivity contribution is 7.99. The number of ether oxygens (including phenoxy) is 2. The summed E-state index contributed by atoms with van der Waals surface area (Å²) in [5.41, 5.74) is 5.04. The van der Waals surface area contributed by atoms with E-state index in [0.29, 0.717) is 26.1 Å². The molecule has 44 heavy (non-hydrogen) atoms. The molecule has 0 bridgehead atoms. The van der Waals surface area contributed by atoms with Crippen LogP contribution < -0.4 is 9.47 Å². The molecule has 2 aliphatic heterocycles. The fraction of sp³-hybridized carbons (Fsp3) is 0.667. The molecule has 0 spiro atoms. The molecule has 2 aromatic rings. The van der Waals surface area contributed by atoms with Gasteiger partial charge in [-0.05, 0) is 71.3 Å². The number of hydrogen-bond donors (Lipinski definition) is 0. The molecule has 0 N–H and O–H groups in total. The number of Topliss-reactive ketones (excluding diaryl/α,β-unsaturated/α-hetero) is 1. The maximum atomic E-state index is 13.9. The second kappa shape index (κ2) is 16.8. The zero-order valence-electron chi connectivity index (χ0n) is 28.6. The number of rotatable bonds is 18. The summed E-state index contributed by atoms with van der Waals surface area (Å²) in [6, 6.07) is 9.07. The standard InChI is InChI=1S/C39H58O3S2/c1-7-9-11-13-15-19-41-34-27-36-32(38(3,4)17-21-43-36)25-29(34)23-31(40)24-30-26-33-37(44-22-18-39(33,5)6)28-35(30)42-20-16-14-12-10-8-2/h25-28H,7-24H2,1-6H3. The van der Waals surface area contributed by atoms with E-state index in [-0.39, 0.29) is 16.6 Å². The molecule has 244 valence electrons. The van der Waals surface area contributed by atoms with Crippen molar-refractivity contribution in [3.05, 3.63) is 46.5 Å². The van der Waals surface area contributed by atoms with Crippen molar-refractivity contribution >= 4 is 29.3 Å². The molecule has 3 nitrogen and oxygen atoms in total. The van der Waals surface area contributed by atoms with Crippen LogP contribution in [0.4, 0.5) is 0 Å². The highest BCUT2D eigenvalue weighted by Gasteiger charge is 2.31. The Hall–Kier alpha value is -1.59. The van der Waals surface area contributed by atoms with Gasteiger partial charge in [0, 0.05) is 33.8 Å². The zero-order chi connectivity index (χ0) is 31.6. The minimum absolute atomic E-state index is 0.108. The van der Waals surface area contributed by atoms with E-state index in [9.17, 15) is 4.79 Å². The molecule has 2 heterocycles. The monoisotopic (exact) mass is 638 g/mol. The Morgan fingerprint density at radius 1 is 0.636 bits per heavy atom. The van der Waals surface area contributed by atoms with Crippen LogP contribution >= 0.6 is 23.5 Å². The van der Waals surface area contributed by atoms with Crippen molar-refractivity contribution in [2.24, 2.45) is 0 Å². The Balaban J connectivity index is 1.54. The topological polar surface area (TPSA) is 35.5 Å². The van der Waals surface area contributed by atoms with Crippen molar-refractivity contribution in [3.8, 4) is 11.5 Å². The molecule has 0 atom stereocenters. The van der Waals surface area contributed by atoms with Crippen LogP contribution in [0.15, 0.2) is 34.1 Å². The minimum atomic E-state index is 0.108. The highest BCUT2D eigenvalue weighted by Crippen LogP contribution is 2.46. The summed E-state index contributed by atoms with van der Waals surface area (Å²) in [6.07, 6.45) is 15.2. The van der Waals surface area contributed by atoms with Gasteiger partial charge in [-0.25, -0.2) is 0 Å². The van der Waals surface area contributed by atoms with E-state index in [1.807, 2.05) is 23.5 Å². The lowest BCUT2D eigenvalue weighted by atomic mass is 9.80. The first-order valence-electron chi connectivity index (χ1n) is 17.5. The van der Waals surface area contributed by atoms with Crippen molar-refractivity contribution in [1.82, 2.24) is 0 Å². The van der Waals surface area contributed by atoms with E-state index in [0.717, 1.165) is 59.8 Å². The van der Waals surface area contributed by atoms with Gasteiger partial charge in [-0.1, -0.05) is 105 Å². The molecule has 0 amide bonds. The number of carbonyl (C=O) groups excluding carboxylic acids is 1. The fourth-order valence-electron chi connectivity index (χ4n) is 6.42. The van der Waals surface area contributed by atoms with E-state index in [1.54, 1.807) is 0 Å². The number of unbranched alkanes of at least 4 members (excludes halogenated alkanes) is 8. The lowest BCUT2D eigenvalue weighted by Gasteiger charge is -2.33. The largest absolute Gasteiger partial charge is 0.493 e. The Morgan fingerprint density at radius 2 is 1.05 bits per heavy atom. The molecule has 2 aromatic carbocycles. The van der Waals surface area contributed by atoms with Crippen molar-refractivity contribution in [3.63, 3.8) is 0 Å². The highest BCUT2D eigenvalue weighted by atomic mass is 32.2. The molecular weight excluding hydrogens is 581 g/mol. The van der Waals surface area contributed by atoms with E-state index in [1.165, 1.54) is 72.3 Å². The third kappa shape index (κ3) is 9.71. The third-order valence-corrected chi connectivity index (χ3v) is 11.7. The maximum absolute atomic E-state index is 13.9. The molecule has 0 saturated carbocycles. The number of benzene rings is 2. The van der Waals surface area contributed by atoms with Crippen molar-refractivity contribution in [2.45, 2.75) is 152 Å². The van der Waals surface area contributed by atoms with E-state index < -0.39 is 0 Å². The summed E-state index contributed by atoms with van der Waals surface area (Å²) in [5, 5.41) is 0. The van der Waals surface area contributed by atoms with Crippen LogP contribution in [0.3, 0.4) is 0 Å². The van der Waals surface area contributed by atoms with Gasteiger partial charge in [0.15, 0.2) is 0 Å². The molecule has 0 aromatic heterocycles. The molecule has 4 rings (SSSR count). The average Bonchev–Trinajstić information content (AvgIpc) is 2.97. The van der Waals surface area contributed by atoms with E-state index in [2.05, 4.69) is 65.8 Å². The van der Waals surface area contributed by atoms with Crippen molar-refractivity contribution in [1.29, 1.82) is 0 Å². The quantitative estimate of drug-likeness (QED) is 0.152. The van der Waals surface area contributed by atoms with Crippen LogP contribution in [-0.2, 0) is 28.5 Å². The number of carbonyl (C=O) groups is 1. The normalized spacial score (nSPS) is 16.7. The SMILES string of the molecule is CCCCCCCOc1cc2c(cc1CC(=O)Cc1cc3c(cc1OCCCCCCC)SCCC3(C)C)C(C)(C)CCS2. The second-order valence-electron chi connectivity index (χ2n) is 14.3. The number of ketones is 1. The van der Waals surface area contributed by atoms with Crippen LogP contribution in [0, 0.1) is 0 Å². The maximum Gasteiger partial charge on any atom is 0.141 e. The molecule has 5 heteroatoms. The molecule has 0 aliphatic carbocycles. The summed E-state index contributed by atoms with van der Waals surface area (Å²) in [6.45, 7) is 15.3. The Kier molecular flexibility index (Phi) is 13.5. The fourth-order valence-corrected chi connectivity index (χ4v) is 9.44. The number of thioether (sulfide) groups is 2. The van der Waals surface area contributed by atoms with Crippen LogP contribution in [-0.4, -0.2) is 30.5 Å². The molecule has 2 aliphatic rings. The molecule has 0 unspecified atom stereocenters. The van der Waals surface area contributed by atoms with Gasteiger partial charge in [0.2, 0.25) is 0 Å². The van der Waals surface area contributed by atoms with E-state index >= 15 is 0 Å². The number of fused-ring (bicyclic) bond motifs is 2. The lowest BCUT2D eigenvalue weighted by Crippen LogP contribution is -2.24. The zero-order valence-corrected chi connectivity index (χ0v) is 30.2. The van der Waals surface area contributed by atoms with Gasteiger partial charge < -0.3 is 9.47 Å². The predicted molar refractivity (Wildman–Crippen MR) is 191 cm³/mol. The second-order valence-corrected chi connectivity index (χ2v) is 16.6. The molecular formula is C39H58O3S2. The van der Waals surface area contributed by atoms with Gasteiger partial charge in [0.25, 0.3) is 0 Å². The van der Waals surface area contributed by atoms with Crippen molar-refractivity contribution in [2.75, 3.05) is 24.7 Å². The van der Waals surface area contributed by atoms with Crippen molar-refractivity contribution < 1.29 is 14.3 Å². The van der Waals surface area contributed by atoms with Gasteiger partial charge >= 0.3 is 0 Å². The van der Waals surface area contributed by atoms with Gasteiger partial charge in [0.05, 0.1) is 13.2 Å². The summed E-state index contributed by atoms with van der Waals surface area (Å²) < 4.78 is 12.9. The summed E-state index contributed by atoms with van der Waals surface area (Å²) in [7, 11) is 0. The summed E-state index contributed by atoms with van der Waals surface area (Å²) in [4.78, 5) is 16.6. The lowest BCUT2D eigenvalue weighted by molar-refractivity contribution is -0.117. The molecule has 0 fully saturated rings. The number of hydrogen-bond acceptors (Lipinski definition) is 5. The average molecular weight is 639 g/mol. The van der Waals surface area contributed by atoms with Gasteiger partial charge in [-0.2, -0.15) is 0 Å². The Morgan fingerprint density at radius 3 is 1.45 bits per heavy atom. The first kappa shape index (κ1) is 35.3. The van der Waals surface area contributed by atoms with E-state index in [4.69, 9.17) is 9.47 Å². The predicted octanol–water partition coefficient (Wildman–Crippen LogP) is 11.3. The van der Waals surface area contributed by atoms with Crippen LogP contribution in [0.5, 0.6) is 11.5 Å². The van der Waals surface area contributed by atoms with Crippen LogP contribution in [0.25, 0.3) is 0 Å². The van der Waals surface area contributed by atoms with Gasteiger partial charge in [0.1, 0.15) is 17.3 Å². The minimum Gasteiger partial charge on any atom is -0.493 e. The Labute approximate surface area is 277 Å². The smallest absolute Gasteiger partial charge is 0.141 e. The molecule has 0 saturated heterocycles. The summed E-state index contributed by atoms with van der Waals surface area (Å²) in [5.74, 6) is 4.30. The third-order valence-electron chi connectivity index (χ3n) is 9.54. The summed E-state index contributed by atoms with van der Waals surface area (Å²) >= 11 is 3.86. The Bertz CT molecular complexity index is 1140. The van der Waals surface area contributed by atoms with Gasteiger partial charge in [-0.15, -0.1) is 23.5 Å². The van der Waals surface area contributed by atoms with Gasteiger partial charge in [-0.3, -0.25) is 4.79 Å². The van der Waals surface area contributed by atoms with Crippen LogP contribution in [0.1, 0.15) is 141 Å².